The molecule has 8 nitrogen and oxygen atoms in total. The maximum atomic E-state index is 9.80. The van der Waals surface area contributed by atoms with Crippen LogP contribution in [-0.2, 0) is 60.3 Å². The van der Waals surface area contributed by atoms with Gasteiger partial charge < -0.3 is 28.7 Å². The van der Waals surface area contributed by atoms with Crippen LogP contribution in [0.3, 0.4) is 0 Å². The number of anilines is 8. The Balaban J connectivity index is 0.000000192. The molecular formula is C114H82N8Pt2-6. The molecule has 4 aromatic heterocycles. The number of hydrogen-bond acceptors (Lipinski definition) is 6. The van der Waals surface area contributed by atoms with E-state index in [1.807, 2.05) is 119 Å². The van der Waals surface area contributed by atoms with Gasteiger partial charge in [-0.15, -0.1) is 35.5 Å². The van der Waals surface area contributed by atoms with Crippen LogP contribution in [0.4, 0.5) is 45.5 Å². The Kier molecular flexibility index (Phi) is 14.2. The third-order valence-corrected chi connectivity index (χ3v) is 21.4. The molecule has 604 valence electrons. The van der Waals surface area contributed by atoms with Gasteiger partial charge >= 0.3 is 0 Å². The maximum absolute atomic E-state index is 9.80. The summed E-state index contributed by atoms with van der Waals surface area (Å²) in [4.78, 5) is 16.1. The summed E-state index contributed by atoms with van der Waals surface area (Å²) in [5, 5.41) is 3.86. The molecule has 2 aliphatic heterocycles. The largest absolute Gasteiger partial charge is 0.493 e. The van der Waals surface area contributed by atoms with Crippen molar-refractivity contribution in [3.05, 3.63) is 471 Å². The van der Waals surface area contributed by atoms with Gasteiger partial charge in [0.05, 0.1) is 41.1 Å². The van der Waals surface area contributed by atoms with Gasteiger partial charge in [0.1, 0.15) is 11.6 Å². The molecular weight excluding hydrogens is 1870 g/mol. The van der Waals surface area contributed by atoms with Gasteiger partial charge in [0.2, 0.25) is 0 Å². The first kappa shape index (κ1) is 51.0. The van der Waals surface area contributed by atoms with Gasteiger partial charge in [-0.05, 0) is 164 Å². The van der Waals surface area contributed by atoms with Crippen molar-refractivity contribution in [2.45, 2.75) is 39.0 Å². The standard InChI is InChI=1S/C59H45N4.C55H37N4.2Pt/c1-59(2,3)47-32-33-60-57(39-47)63-53-27-14-13-26-49(53)50-31-30-42(36-56(50)63)34-41-18-17-25-48(35-41)61-40-62(55-29-16-15-28-54(55)61)58-51(44-21-9-5-10-22-44)37-46(43-19-7-4-8-20-43)38-52(58)45-23-11-6-12-24-45;1-4-18-41(19-5-1)44-36-48(42-20-6-2-7-21-42)55(49(37-44)43-22-8-3-9-23-43)58-38-57(51-27-12-13-28-52(51)58)45-24-16-17-39(34-45)33-40-30-31-47-46-25-10-11-26-50(46)59(53(47)35-40)54-29-14-15-32-56-54;;/h4-33,37-40H,34H2,1-3H3;1-32,36-38H,33H2;;/q2*-3;;/i4D,5D,6D,7D,8D,9D,10D,11D,12D,19D,20D,21D,22D,23D,24D,34D2;1D,2D,3D,4D,5D,6D,7D,8D,9D,18D,19D,20D,21D,22D,23D;;. The predicted molar refractivity (Wildman–Crippen MR) is 505 cm³/mol. The van der Waals surface area contributed by atoms with E-state index in [0.29, 0.717) is 51.9 Å². The Labute approximate surface area is 798 Å². The molecule has 0 saturated carbocycles. The number of aromatic nitrogens is 4. The Morgan fingerprint density at radius 1 is 0.315 bits per heavy atom. The van der Waals surface area contributed by atoms with Crippen molar-refractivity contribution in [3.63, 3.8) is 0 Å². The summed E-state index contributed by atoms with van der Waals surface area (Å²) >= 11 is 0. The number of nitrogens with zero attached hydrogens (tertiary/aromatic N) is 8. The van der Waals surface area contributed by atoms with Crippen LogP contribution in [0.2, 0.25) is 0 Å². The van der Waals surface area contributed by atoms with Crippen molar-refractivity contribution in [3.8, 4) is 78.4 Å². The van der Waals surface area contributed by atoms with E-state index in [9.17, 15) is 13.7 Å². The first-order valence-corrected chi connectivity index (χ1v) is 39.0. The van der Waals surface area contributed by atoms with E-state index in [1.54, 1.807) is 101 Å². The minimum Gasteiger partial charge on any atom is -0.493 e. The van der Waals surface area contributed by atoms with Gasteiger partial charge in [0.15, 0.2) is 0 Å². The van der Waals surface area contributed by atoms with Gasteiger partial charge in [-0.2, -0.15) is 107 Å². The van der Waals surface area contributed by atoms with Crippen LogP contribution in [0.25, 0.3) is 122 Å². The summed E-state index contributed by atoms with van der Waals surface area (Å²) < 4.78 is 289. The topological polar surface area (TPSA) is 48.6 Å². The van der Waals surface area contributed by atoms with E-state index in [2.05, 4.69) is 72.8 Å². The molecule has 0 radical (unpaired) electrons. The smallest absolute Gasteiger partial charge is 0.135 e. The molecule has 0 bridgehead atoms. The molecule has 6 heterocycles. The number of hydrogen-bond donors (Lipinski definition) is 0. The Morgan fingerprint density at radius 2 is 0.677 bits per heavy atom. The molecule has 0 aliphatic carbocycles. The fourth-order valence-corrected chi connectivity index (χ4v) is 15.9. The summed E-state index contributed by atoms with van der Waals surface area (Å²) in [5.41, 5.74) is 5.67. The van der Waals surface area contributed by atoms with Crippen molar-refractivity contribution >= 4 is 89.1 Å². The van der Waals surface area contributed by atoms with Crippen LogP contribution in [0, 0.1) is 37.6 Å². The Bertz CT molecular complexity index is 9010. The van der Waals surface area contributed by atoms with Crippen LogP contribution in [0.5, 0.6) is 0 Å². The molecule has 0 saturated heterocycles. The van der Waals surface area contributed by atoms with E-state index in [4.69, 9.17) is 35.1 Å². The molecule has 0 spiro atoms. The molecule has 10 heteroatoms. The molecule has 0 atom stereocenters. The van der Waals surface area contributed by atoms with E-state index in [0.717, 1.165) is 60.6 Å². The molecule has 2 aliphatic rings. The molecule has 22 rings (SSSR count). The Morgan fingerprint density at radius 3 is 1.12 bits per heavy atom. The molecule has 124 heavy (non-hydrogen) atoms. The predicted octanol–water partition coefficient (Wildman–Crippen LogP) is 28.9. The second kappa shape index (κ2) is 34.5. The fraction of sp³-hybridized carbons (Fsp3) is 0.0526. The van der Waals surface area contributed by atoms with Crippen molar-refractivity contribution in [2.24, 2.45) is 0 Å². The normalized spacial score (nSPS) is 16.0. The molecule has 20 aromatic rings. The van der Waals surface area contributed by atoms with Gasteiger partial charge in [0.25, 0.3) is 0 Å². The summed E-state index contributed by atoms with van der Waals surface area (Å²) in [6.45, 7) is 9.59. The van der Waals surface area contributed by atoms with Gasteiger partial charge in [0, 0.05) is 125 Å². The minimum atomic E-state index is -2.23. The average Bonchev–Trinajstić information content (AvgIpc) is 1.48. The van der Waals surface area contributed by atoms with E-state index in [1.165, 1.54) is 24.3 Å². The fourth-order valence-electron chi connectivity index (χ4n) is 15.9. The zero-order valence-electron chi connectivity index (χ0n) is 97.9. The second-order valence-corrected chi connectivity index (χ2v) is 29.8. The minimum absolute atomic E-state index is 0. The van der Waals surface area contributed by atoms with Crippen LogP contribution in [0.1, 0.15) is 92.5 Å². The van der Waals surface area contributed by atoms with Crippen molar-refractivity contribution in [2.75, 3.05) is 19.6 Å². The quantitative estimate of drug-likeness (QED) is 0.0899. The van der Waals surface area contributed by atoms with E-state index >= 15 is 0 Å². The van der Waals surface area contributed by atoms with Gasteiger partial charge in [-0.3, -0.25) is 0 Å². The van der Waals surface area contributed by atoms with Crippen LogP contribution >= 0.6 is 0 Å². The van der Waals surface area contributed by atoms with Crippen LogP contribution in [-0.4, -0.2) is 19.1 Å². The molecule has 0 amide bonds. The third kappa shape index (κ3) is 15.3. The molecule has 16 aromatic carbocycles. The third-order valence-electron chi connectivity index (χ3n) is 21.4. The molecule has 0 fully saturated rings. The second-order valence-electron chi connectivity index (χ2n) is 29.8. The monoisotopic (exact) mass is 1980 g/mol. The summed E-state index contributed by atoms with van der Waals surface area (Å²) in [5.74, 6) is 1.40. The zero-order valence-corrected chi connectivity index (χ0v) is 70.5. The van der Waals surface area contributed by atoms with E-state index in [-0.39, 0.29) is 126 Å². The number of pyridine rings is 2. The number of rotatable bonds is 16. The number of para-hydroxylation sites is 6. The van der Waals surface area contributed by atoms with Gasteiger partial charge in [-0.1, -0.05) is 280 Å². The van der Waals surface area contributed by atoms with E-state index < -0.39 is 199 Å². The first-order chi connectivity index (χ1) is 73.3. The van der Waals surface area contributed by atoms with Crippen LogP contribution in [0.15, 0.2) is 406 Å². The van der Waals surface area contributed by atoms with Crippen LogP contribution < -0.4 is 19.6 Å². The maximum Gasteiger partial charge on any atom is 0.135 e. The molecule has 0 unspecified atom stereocenters. The summed E-state index contributed by atoms with van der Waals surface area (Å²) in [7, 11) is 0. The number of benzene rings is 16. The number of fused-ring (bicyclic) bond motifs is 8. The van der Waals surface area contributed by atoms with Crippen molar-refractivity contribution in [1.29, 1.82) is 0 Å². The van der Waals surface area contributed by atoms with Crippen molar-refractivity contribution in [1.82, 2.24) is 19.1 Å². The Hall–Kier alpha value is -14.0. The molecule has 0 N–H and O–H groups in total. The summed E-state index contributed by atoms with van der Waals surface area (Å²) in [6.07, 6.45) is 1.71. The average molecular weight is 1990 g/mol. The van der Waals surface area contributed by atoms with Crippen molar-refractivity contribution < 1.29 is 86.0 Å². The first-order valence-electron chi connectivity index (χ1n) is 55.0. The summed E-state index contributed by atoms with van der Waals surface area (Å²) in [6, 6.07) is 56.8. The zero-order chi connectivity index (χ0) is 110. The van der Waals surface area contributed by atoms with Gasteiger partial charge in [-0.25, -0.2) is 9.97 Å². The SMILES string of the molecule is [2H]c1c([2H])c([2H])c(-c2cc(-c3c([2H])c([2H])c([2H])c([2H])c3[2H])c(N3[CH-]N(c4[c-]c(C([2H])([2H])c5[c-]c6c(cc5)c5ccccc5n6-c5cc(C(C)(C)C)ccn5)ccc4)c4ccccc43)c(-c3c([2H])c([2H])c([2H])c([2H])c3[2H])c2)c([2H])c1[2H].[2H]c1c([2H])c([2H])c(-c2cc(-c3c([2H])c([2H])c([2H])c([2H])c3[2H])c(N3[CH-]N(c4[c-]c(Cc5[c-]c6c(cc5)c5ccccc5n6-c5ccccn5)ccc4)c4ccccc43)c(-c3c([2H])c([2H])c([2H])c([2H])c3[2H])c2)c([2H])c1[2H].[Pt].[Pt].